The summed E-state index contributed by atoms with van der Waals surface area (Å²) in [5.41, 5.74) is 2.42. The molecule has 7 heteroatoms. The molecule has 0 spiro atoms. The zero-order valence-electron chi connectivity index (χ0n) is 15.2. The van der Waals surface area contributed by atoms with Crippen LogP contribution in [0.15, 0.2) is 54.7 Å². The molecule has 3 N–H and O–H groups in total. The molecule has 0 aliphatic carbocycles. The van der Waals surface area contributed by atoms with E-state index >= 15 is 0 Å². The largest absolute Gasteiger partial charge is 0.388 e. The number of urea groups is 1. The van der Waals surface area contributed by atoms with Gasteiger partial charge in [-0.2, -0.15) is 0 Å². The smallest absolute Gasteiger partial charge is 0.338 e. The van der Waals surface area contributed by atoms with Gasteiger partial charge in [-0.1, -0.05) is 36.4 Å². The van der Waals surface area contributed by atoms with Crippen LogP contribution < -0.4 is 15.7 Å². The summed E-state index contributed by atoms with van der Waals surface area (Å²) in [5.74, 6) is 0.844. The molecule has 0 fully saturated rings. The molecule has 0 radical (unpaired) electrons. The average Bonchev–Trinajstić information content (AvgIpc) is 2.61. The van der Waals surface area contributed by atoms with Crippen LogP contribution in [0.1, 0.15) is 19.4 Å². The Morgan fingerprint density at radius 1 is 1.19 bits per heavy atom. The van der Waals surface area contributed by atoms with Crippen LogP contribution in [0.3, 0.4) is 0 Å². The Kier molecular flexibility index (Phi) is 7.37. The summed E-state index contributed by atoms with van der Waals surface area (Å²) in [4.78, 5) is 23.2. The van der Waals surface area contributed by atoms with Crippen molar-refractivity contribution >= 4 is 11.8 Å². The second kappa shape index (κ2) is 9.74. The first kappa shape index (κ1) is 19.7. The minimum absolute atomic E-state index is 0.00842. The Morgan fingerprint density at radius 2 is 1.92 bits per heavy atom. The molecule has 2 aromatic rings. The van der Waals surface area contributed by atoms with Gasteiger partial charge in [0.2, 0.25) is 0 Å². The summed E-state index contributed by atoms with van der Waals surface area (Å²) >= 11 is 0. The molecule has 7 nitrogen and oxygen atoms in total. The molecule has 0 saturated carbocycles. The predicted octanol–water partition coefficient (Wildman–Crippen LogP) is 2.09. The number of nitrogens with zero attached hydrogens (tertiary/aromatic N) is 2. The monoisotopic (exact) mass is 358 g/mol. The topological polar surface area (TPSA) is 86.7 Å². The number of hydrogen-bond donors (Lipinski definition) is 3. The van der Waals surface area contributed by atoms with Gasteiger partial charge in [0.15, 0.2) is 0 Å². The van der Waals surface area contributed by atoms with E-state index in [2.05, 4.69) is 32.8 Å². The van der Waals surface area contributed by atoms with Crippen molar-refractivity contribution in [3.05, 3.63) is 60.3 Å². The van der Waals surface area contributed by atoms with E-state index in [0.717, 1.165) is 11.4 Å². The predicted molar refractivity (Wildman–Crippen MR) is 101 cm³/mol. The molecule has 1 aromatic carbocycles. The van der Waals surface area contributed by atoms with Gasteiger partial charge < -0.3 is 15.3 Å². The third kappa shape index (κ3) is 7.50. The normalized spacial score (nSPS) is 11.0. The molecule has 0 bridgehead atoms. The fourth-order valence-corrected chi connectivity index (χ4v) is 2.24. The highest BCUT2D eigenvalue weighted by Gasteiger charge is 2.14. The van der Waals surface area contributed by atoms with Crippen molar-refractivity contribution in [1.82, 2.24) is 15.8 Å². The zero-order valence-corrected chi connectivity index (χ0v) is 15.2. The van der Waals surface area contributed by atoms with Gasteiger partial charge in [-0.25, -0.2) is 15.3 Å². The van der Waals surface area contributed by atoms with E-state index in [0.29, 0.717) is 19.6 Å². The van der Waals surface area contributed by atoms with Crippen molar-refractivity contribution in [3.8, 4) is 0 Å². The highest BCUT2D eigenvalue weighted by Crippen LogP contribution is 2.13. The van der Waals surface area contributed by atoms with Crippen molar-refractivity contribution in [1.29, 1.82) is 0 Å². The van der Waals surface area contributed by atoms with Crippen LogP contribution in [-0.4, -0.2) is 41.4 Å². The number of pyridine rings is 1. The number of rotatable bonds is 9. The van der Waals surface area contributed by atoms with Crippen molar-refractivity contribution in [2.24, 2.45) is 0 Å². The van der Waals surface area contributed by atoms with Crippen LogP contribution in [0.2, 0.25) is 0 Å². The Bertz CT molecular complexity index is 659. The van der Waals surface area contributed by atoms with E-state index in [1.54, 1.807) is 20.0 Å². The molecule has 2 rings (SSSR count). The van der Waals surface area contributed by atoms with Crippen LogP contribution in [-0.2, 0) is 11.4 Å². The quantitative estimate of drug-likeness (QED) is 0.598. The first-order valence-corrected chi connectivity index (χ1v) is 8.52. The Hall–Kier alpha value is -2.64. The lowest BCUT2D eigenvalue weighted by Gasteiger charge is -2.24. The molecule has 0 aliphatic rings. The van der Waals surface area contributed by atoms with Gasteiger partial charge in [0, 0.05) is 25.8 Å². The molecule has 1 heterocycles. The molecular weight excluding hydrogens is 332 g/mol. The number of anilines is 1. The molecule has 0 saturated heterocycles. The van der Waals surface area contributed by atoms with Gasteiger partial charge in [0.1, 0.15) is 12.4 Å². The van der Waals surface area contributed by atoms with E-state index < -0.39 is 11.6 Å². The number of hydrogen-bond acceptors (Lipinski definition) is 5. The Balaban J connectivity index is 1.84. The number of benzene rings is 1. The van der Waals surface area contributed by atoms with Gasteiger partial charge in [0.25, 0.3) is 0 Å². The fraction of sp³-hybridized carbons (Fsp3) is 0.368. The summed E-state index contributed by atoms with van der Waals surface area (Å²) in [6, 6.07) is 15.4. The molecular formula is C19H26N4O3. The summed E-state index contributed by atoms with van der Waals surface area (Å²) in [6.45, 7) is 4.90. The van der Waals surface area contributed by atoms with E-state index in [9.17, 15) is 9.90 Å². The maximum Gasteiger partial charge on any atom is 0.338 e. The molecule has 0 atom stereocenters. The van der Waals surface area contributed by atoms with Gasteiger partial charge in [-0.3, -0.25) is 4.84 Å². The number of amides is 2. The summed E-state index contributed by atoms with van der Waals surface area (Å²) in [6.07, 6.45) is 1.75. The minimum Gasteiger partial charge on any atom is -0.388 e. The summed E-state index contributed by atoms with van der Waals surface area (Å²) < 4.78 is 0. The van der Waals surface area contributed by atoms with E-state index in [4.69, 9.17) is 4.84 Å². The Labute approximate surface area is 154 Å². The minimum atomic E-state index is -1.00. The van der Waals surface area contributed by atoms with Crippen LogP contribution in [0.25, 0.3) is 0 Å². The van der Waals surface area contributed by atoms with Gasteiger partial charge >= 0.3 is 6.03 Å². The van der Waals surface area contributed by atoms with E-state index in [-0.39, 0.29) is 6.61 Å². The lowest BCUT2D eigenvalue weighted by Crippen LogP contribution is -2.42. The van der Waals surface area contributed by atoms with E-state index in [1.165, 1.54) is 0 Å². The first-order chi connectivity index (χ1) is 12.4. The van der Waals surface area contributed by atoms with Gasteiger partial charge in [-0.15, -0.1) is 0 Å². The number of hydroxylamine groups is 1. The lowest BCUT2D eigenvalue weighted by atomic mass is 10.2. The van der Waals surface area contributed by atoms with Gasteiger partial charge in [0.05, 0.1) is 5.60 Å². The average molecular weight is 358 g/mol. The van der Waals surface area contributed by atoms with Crippen LogP contribution in [0.4, 0.5) is 10.6 Å². The zero-order chi connectivity index (χ0) is 18.8. The number of carbonyl (C=O) groups is 1. The third-order valence-electron chi connectivity index (χ3n) is 3.45. The number of aliphatic hydroxyl groups is 1. The van der Waals surface area contributed by atoms with Crippen LogP contribution in [0.5, 0.6) is 0 Å². The van der Waals surface area contributed by atoms with E-state index in [1.807, 2.05) is 36.4 Å². The SMILES string of the molecule is CC(C)(O)CONC(=O)NCCN(Cc1ccccc1)c1ccccn1. The maximum atomic E-state index is 11.7. The number of nitrogens with one attached hydrogen (secondary N) is 2. The molecule has 140 valence electrons. The van der Waals surface area contributed by atoms with Crippen LogP contribution >= 0.6 is 0 Å². The lowest BCUT2D eigenvalue weighted by molar-refractivity contribution is -0.0481. The third-order valence-corrected chi connectivity index (χ3v) is 3.45. The van der Waals surface area contributed by atoms with Crippen LogP contribution in [0, 0.1) is 0 Å². The van der Waals surface area contributed by atoms with Crippen molar-refractivity contribution in [2.45, 2.75) is 26.0 Å². The molecule has 0 unspecified atom stereocenters. The highest BCUT2D eigenvalue weighted by atomic mass is 16.7. The van der Waals surface area contributed by atoms with Crippen molar-refractivity contribution in [2.75, 3.05) is 24.6 Å². The molecule has 2 amide bonds. The molecule has 26 heavy (non-hydrogen) atoms. The summed E-state index contributed by atoms with van der Waals surface area (Å²) in [5, 5.41) is 12.3. The first-order valence-electron chi connectivity index (χ1n) is 8.52. The van der Waals surface area contributed by atoms with Gasteiger partial charge in [-0.05, 0) is 31.5 Å². The van der Waals surface area contributed by atoms with Crippen molar-refractivity contribution < 1.29 is 14.7 Å². The highest BCUT2D eigenvalue weighted by molar-refractivity contribution is 5.72. The summed E-state index contributed by atoms with van der Waals surface area (Å²) in [7, 11) is 0. The maximum absolute atomic E-state index is 11.7. The number of aromatic nitrogens is 1. The number of carbonyl (C=O) groups excluding carboxylic acids is 1. The molecule has 1 aromatic heterocycles. The Morgan fingerprint density at radius 3 is 2.58 bits per heavy atom. The fourth-order valence-electron chi connectivity index (χ4n) is 2.24. The second-order valence-electron chi connectivity index (χ2n) is 6.55. The standard InChI is InChI=1S/C19H26N4O3/c1-19(2,25)15-26-22-18(24)21-12-13-23(17-10-6-7-11-20-17)14-16-8-4-3-5-9-16/h3-11,25H,12-15H2,1-2H3,(H2,21,22,24). The van der Waals surface area contributed by atoms with Crippen molar-refractivity contribution in [3.63, 3.8) is 0 Å². The molecule has 0 aliphatic heterocycles. The second-order valence-corrected chi connectivity index (χ2v) is 6.55.